The molecule has 0 aliphatic heterocycles. The summed E-state index contributed by atoms with van der Waals surface area (Å²) in [7, 11) is 0. The van der Waals surface area contributed by atoms with E-state index in [0.29, 0.717) is 5.75 Å². The fraction of sp³-hybridized carbons (Fsp3) is 0.0909. The quantitative estimate of drug-likeness (QED) is 0.343. The summed E-state index contributed by atoms with van der Waals surface area (Å²) in [6.07, 6.45) is 1.50. The van der Waals surface area contributed by atoms with Gasteiger partial charge >= 0.3 is 5.97 Å². The Morgan fingerprint density at radius 1 is 0.897 bits per heavy atom. The highest BCUT2D eigenvalue weighted by molar-refractivity contribution is 8.00. The minimum atomic E-state index is -0.290. The molecule has 0 amide bonds. The average molecular weight is 402 g/mol. The van der Waals surface area contributed by atoms with Crippen molar-refractivity contribution in [3.63, 3.8) is 0 Å². The molecule has 4 aromatic rings. The molecule has 0 unspecified atom stereocenters. The summed E-state index contributed by atoms with van der Waals surface area (Å²) in [5.74, 6) is 0.439. The Labute approximate surface area is 172 Å². The molecule has 3 aromatic carbocycles. The van der Waals surface area contributed by atoms with E-state index in [1.807, 2.05) is 36.4 Å². The predicted octanol–water partition coefficient (Wildman–Crippen LogP) is 4.09. The van der Waals surface area contributed by atoms with Crippen molar-refractivity contribution in [1.82, 2.24) is 20.2 Å². The van der Waals surface area contributed by atoms with Crippen LogP contribution in [0.15, 0.2) is 91.3 Å². The summed E-state index contributed by atoms with van der Waals surface area (Å²) in [5.41, 5.74) is 3.10. The van der Waals surface area contributed by atoms with Crippen LogP contribution >= 0.6 is 11.8 Å². The number of hydrogen-bond donors (Lipinski definition) is 0. The number of hydrogen-bond acceptors (Lipinski definition) is 6. The van der Waals surface area contributed by atoms with Crippen LogP contribution in [0.1, 0.15) is 16.4 Å². The number of nitrogens with zero attached hydrogens (tertiary/aromatic N) is 4. The molecule has 0 aliphatic carbocycles. The van der Waals surface area contributed by atoms with Gasteiger partial charge < -0.3 is 4.74 Å². The molecule has 0 fully saturated rings. The fourth-order valence-corrected chi connectivity index (χ4v) is 3.96. The zero-order chi connectivity index (χ0) is 19.9. The maximum Gasteiger partial charge on any atom is 0.321 e. The summed E-state index contributed by atoms with van der Waals surface area (Å²) >= 11 is 1.55. The second kappa shape index (κ2) is 9.16. The number of rotatable bonds is 7. The smallest absolute Gasteiger partial charge is 0.321 e. The van der Waals surface area contributed by atoms with E-state index < -0.39 is 0 Å². The number of esters is 1. The highest BCUT2D eigenvalue weighted by atomic mass is 32.2. The van der Waals surface area contributed by atoms with Gasteiger partial charge in [-0.25, -0.2) is 4.68 Å². The molecule has 0 bridgehead atoms. The number of ether oxygens (including phenoxy) is 1. The average Bonchev–Trinajstić information content (AvgIpc) is 3.31. The van der Waals surface area contributed by atoms with Crippen molar-refractivity contribution in [2.24, 2.45) is 0 Å². The molecule has 0 saturated carbocycles. The number of aromatic nitrogens is 4. The third kappa shape index (κ3) is 4.89. The van der Waals surface area contributed by atoms with Gasteiger partial charge in [-0.2, -0.15) is 0 Å². The topological polar surface area (TPSA) is 69.9 Å². The van der Waals surface area contributed by atoms with Gasteiger partial charge in [-0.05, 0) is 45.8 Å². The Bertz CT molecular complexity index is 1000. The van der Waals surface area contributed by atoms with Gasteiger partial charge in [-0.15, -0.1) is 16.9 Å². The molecule has 6 nitrogen and oxygen atoms in total. The summed E-state index contributed by atoms with van der Waals surface area (Å²) in [6, 6.07) is 27.4. The van der Waals surface area contributed by atoms with Crippen LogP contribution in [0, 0.1) is 0 Å². The van der Waals surface area contributed by atoms with E-state index in [1.54, 1.807) is 36.0 Å². The van der Waals surface area contributed by atoms with Gasteiger partial charge in [0.05, 0.1) is 16.7 Å². The number of benzene rings is 3. The van der Waals surface area contributed by atoms with Crippen LogP contribution in [0.3, 0.4) is 0 Å². The van der Waals surface area contributed by atoms with Crippen molar-refractivity contribution in [1.29, 1.82) is 0 Å². The minimum absolute atomic E-state index is 0.0622. The summed E-state index contributed by atoms with van der Waals surface area (Å²) in [4.78, 5) is 12.4. The molecule has 1 aromatic heterocycles. The molecule has 0 aliphatic rings. The Kier molecular flexibility index (Phi) is 5.97. The second-order valence-corrected chi connectivity index (χ2v) is 7.33. The lowest BCUT2D eigenvalue weighted by molar-refractivity contribution is -0.131. The van der Waals surface area contributed by atoms with Crippen LogP contribution in [0.25, 0.3) is 5.69 Å². The maximum atomic E-state index is 12.4. The summed E-state index contributed by atoms with van der Waals surface area (Å²) in [5, 5.41) is 11.1. The van der Waals surface area contributed by atoms with Gasteiger partial charge in [0.1, 0.15) is 12.1 Å². The highest BCUT2D eigenvalue weighted by Crippen LogP contribution is 2.35. The van der Waals surface area contributed by atoms with E-state index in [1.165, 1.54) is 11.0 Å². The third-order valence-electron chi connectivity index (χ3n) is 4.25. The van der Waals surface area contributed by atoms with Crippen LogP contribution in [-0.2, 0) is 4.79 Å². The van der Waals surface area contributed by atoms with Crippen molar-refractivity contribution in [2.45, 2.75) is 5.25 Å². The van der Waals surface area contributed by atoms with Gasteiger partial charge in [-0.1, -0.05) is 60.7 Å². The lowest BCUT2D eigenvalue weighted by atomic mass is 10.0. The molecule has 0 saturated heterocycles. The Hall–Kier alpha value is -3.45. The Morgan fingerprint density at radius 2 is 1.52 bits per heavy atom. The number of carbonyl (C=O) groups is 1. The first-order valence-corrected chi connectivity index (χ1v) is 10.1. The normalized spacial score (nSPS) is 10.8. The minimum Gasteiger partial charge on any atom is -0.426 e. The molecule has 0 N–H and O–H groups in total. The second-order valence-electron chi connectivity index (χ2n) is 6.23. The number of thioether (sulfide) groups is 1. The van der Waals surface area contributed by atoms with Crippen LogP contribution in [0.5, 0.6) is 5.75 Å². The Morgan fingerprint density at radius 3 is 2.07 bits per heavy atom. The van der Waals surface area contributed by atoms with Gasteiger partial charge in [0.15, 0.2) is 0 Å². The van der Waals surface area contributed by atoms with E-state index in [4.69, 9.17) is 4.74 Å². The maximum absolute atomic E-state index is 12.4. The van der Waals surface area contributed by atoms with Crippen LogP contribution in [0.2, 0.25) is 0 Å². The van der Waals surface area contributed by atoms with Crippen LogP contribution in [-0.4, -0.2) is 31.9 Å². The predicted molar refractivity (Wildman–Crippen MR) is 112 cm³/mol. The van der Waals surface area contributed by atoms with E-state index in [0.717, 1.165) is 16.8 Å². The monoisotopic (exact) mass is 402 g/mol. The van der Waals surface area contributed by atoms with Gasteiger partial charge in [0, 0.05) is 0 Å². The van der Waals surface area contributed by atoms with Crippen LogP contribution < -0.4 is 4.74 Å². The fourth-order valence-electron chi connectivity index (χ4n) is 2.90. The van der Waals surface area contributed by atoms with Crippen molar-refractivity contribution in [3.05, 3.63) is 102 Å². The summed E-state index contributed by atoms with van der Waals surface area (Å²) < 4.78 is 7.02. The highest BCUT2D eigenvalue weighted by Gasteiger charge is 2.17. The molecule has 4 rings (SSSR count). The molecule has 1 heterocycles. The van der Waals surface area contributed by atoms with E-state index in [9.17, 15) is 4.79 Å². The van der Waals surface area contributed by atoms with Crippen molar-refractivity contribution in [3.8, 4) is 11.4 Å². The van der Waals surface area contributed by atoms with Crippen molar-refractivity contribution >= 4 is 17.7 Å². The van der Waals surface area contributed by atoms with E-state index >= 15 is 0 Å². The number of tetrazole rings is 1. The van der Waals surface area contributed by atoms with Gasteiger partial charge in [0.2, 0.25) is 0 Å². The largest absolute Gasteiger partial charge is 0.426 e. The van der Waals surface area contributed by atoms with Crippen molar-refractivity contribution < 1.29 is 9.53 Å². The SMILES string of the molecule is O=C(CSC(c1ccccc1)c1ccccc1)Oc1ccc(-n2cnnn2)cc1. The molecule has 7 heteroatoms. The molecule has 0 radical (unpaired) electrons. The lowest BCUT2D eigenvalue weighted by Crippen LogP contribution is -2.12. The first-order chi connectivity index (χ1) is 14.3. The van der Waals surface area contributed by atoms with Gasteiger partial charge in [0.25, 0.3) is 0 Å². The van der Waals surface area contributed by atoms with E-state index in [2.05, 4.69) is 39.8 Å². The third-order valence-corrected chi connectivity index (χ3v) is 5.53. The first-order valence-electron chi connectivity index (χ1n) is 9.05. The summed E-state index contributed by atoms with van der Waals surface area (Å²) in [6.45, 7) is 0. The molecule has 0 atom stereocenters. The zero-order valence-electron chi connectivity index (χ0n) is 15.5. The van der Waals surface area contributed by atoms with Gasteiger partial charge in [-0.3, -0.25) is 4.79 Å². The zero-order valence-corrected chi connectivity index (χ0v) is 16.3. The lowest BCUT2D eigenvalue weighted by Gasteiger charge is -2.17. The molecule has 144 valence electrons. The first kappa shape index (κ1) is 18.9. The molecule has 0 spiro atoms. The van der Waals surface area contributed by atoms with Crippen LogP contribution in [0.4, 0.5) is 0 Å². The van der Waals surface area contributed by atoms with E-state index in [-0.39, 0.29) is 17.0 Å². The standard InChI is InChI=1S/C22H18N4O2S/c27-21(28-20-13-11-19(12-14-20)26-16-23-24-25-26)15-29-22(17-7-3-1-4-8-17)18-9-5-2-6-10-18/h1-14,16,22H,15H2. The Balaban J connectivity index is 1.40. The molecule has 29 heavy (non-hydrogen) atoms. The molecular weight excluding hydrogens is 384 g/mol. The number of carbonyl (C=O) groups excluding carboxylic acids is 1. The van der Waals surface area contributed by atoms with Crippen molar-refractivity contribution in [2.75, 3.05) is 5.75 Å². The molecular formula is C22H18N4O2S.